The molecule has 0 saturated carbocycles. The van der Waals surface area contributed by atoms with Crippen LogP contribution in [0.2, 0.25) is 5.02 Å². The fourth-order valence-corrected chi connectivity index (χ4v) is 3.70. The van der Waals surface area contributed by atoms with Gasteiger partial charge in [0.15, 0.2) is 11.0 Å². The van der Waals surface area contributed by atoms with Crippen molar-refractivity contribution in [3.63, 3.8) is 0 Å². The summed E-state index contributed by atoms with van der Waals surface area (Å²) in [5, 5.41) is 22.4. The summed E-state index contributed by atoms with van der Waals surface area (Å²) >= 11 is 7.35. The minimum absolute atomic E-state index is 0.313. The minimum Gasteiger partial charge on any atom is -0.496 e. The van der Waals surface area contributed by atoms with Crippen molar-refractivity contribution in [1.29, 1.82) is 0 Å². The normalized spacial score (nSPS) is 11.2. The maximum atomic E-state index is 10.8. The van der Waals surface area contributed by atoms with E-state index in [2.05, 4.69) is 10.2 Å². The Labute approximate surface area is 186 Å². The number of benzene rings is 2. The van der Waals surface area contributed by atoms with E-state index in [0.717, 1.165) is 11.3 Å². The van der Waals surface area contributed by atoms with E-state index in [9.17, 15) is 10.1 Å². The Morgan fingerprint density at radius 1 is 1.13 bits per heavy atom. The van der Waals surface area contributed by atoms with Gasteiger partial charge in [0.1, 0.15) is 16.4 Å². The number of rotatable bonds is 7. The molecule has 0 unspecified atom stereocenters. The lowest BCUT2D eigenvalue weighted by Crippen LogP contribution is -2.00. The van der Waals surface area contributed by atoms with Crippen molar-refractivity contribution >= 4 is 35.3 Å². The monoisotopic (exact) mass is 454 g/mol. The molecule has 2 aromatic heterocycles. The van der Waals surface area contributed by atoms with Crippen molar-refractivity contribution in [2.24, 2.45) is 0 Å². The number of hydrogen-bond donors (Lipinski definition) is 0. The lowest BCUT2D eigenvalue weighted by Gasteiger charge is -2.12. The third-order valence-electron chi connectivity index (χ3n) is 4.26. The van der Waals surface area contributed by atoms with Gasteiger partial charge in [-0.3, -0.25) is 14.7 Å². The van der Waals surface area contributed by atoms with Crippen molar-refractivity contribution in [3.05, 3.63) is 87.0 Å². The van der Waals surface area contributed by atoms with Crippen molar-refractivity contribution in [3.8, 4) is 22.8 Å². The number of furan rings is 1. The Balaban J connectivity index is 1.72. The molecule has 0 spiro atoms. The number of thioether (sulfide) groups is 1. The van der Waals surface area contributed by atoms with Gasteiger partial charge in [0, 0.05) is 10.7 Å². The van der Waals surface area contributed by atoms with E-state index >= 15 is 0 Å². The Morgan fingerprint density at radius 3 is 2.61 bits per heavy atom. The molecule has 10 heteroatoms. The van der Waals surface area contributed by atoms with E-state index in [4.69, 9.17) is 20.8 Å². The first-order valence-electron chi connectivity index (χ1n) is 8.99. The number of para-hydroxylation sites is 1. The van der Waals surface area contributed by atoms with Crippen LogP contribution in [0, 0.1) is 10.1 Å². The number of aromatic nitrogens is 3. The first-order valence-corrected chi connectivity index (χ1v) is 10.2. The van der Waals surface area contributed by atoms with Gasteiger partial charge in [-0.25, -0.2) is 0 Å². The molecule has 0 fully saturated rings. The minimum atomic E-state index is -0.582. The maximum absolute atomic E-state index is 10.8. The summed E-state index contributed by atoms with van der Waals surface area (Å²) in [5.41, 5.74) is 1.60. The van der Waals surface area contributed by atoms with Gasteiger partial charge >= 0.3 is 5.88 Å². The summed E-state index contributed by atoms with van der Waals surface area (Å²) in [6, 6.07) is 17.7. The predicted octanol–water partition coefficient (Wildman–Crippen LogP) is 5.86. The van der Waals surface area contributed by atoms with E-state index in [-0.39, 0.29) is 5.88 Å². The van der Waals surface area contributed by atoms with Crippen molar-refractivity contribution in [2.75, 3.05) is 7.11 Å². The zero-order valence-electron chi connectivity index (χ0n) is 16.1. The largest absolute Gasteiger partial charge is 0.496 e. The van der Waals surface area contributed by atoms with E-state index in [0.29, 0.717) is 27.5 Å². The summed E-state index contributed by atoms with van der Waals surface area (Å²) < 4.78 is 12.5. The molecule has 0 atom stereocenters. The molecular formula is C21H15ClN4O4S. The smallest absolute Gasteiger partial charge is 0.433 e. The molecule has 0 bridgehead atoms. The van der Waals surface area contributed by atoms with Gasteiger partial charge in [-0.1, -0.05) is 35.5 Å². The highest BCUT2D eigenvalue weighted by Gasteiger charge is 2.18. The standard InChI is InChI=1S/C21H15ClN4O4S/c1-29-18-5-3-2-4-17(18)20-23-24-21(25(20)15-8-6-14(22)7-9-15)31-13-12-16-10-11-19(30-16)26(27)28/h2-13H,1H3/b13-12+. The Bertz CT molecular complexity index is 1250. The van der Waals surface area contributed by atoms with Crippen LogP contribution in [0.4, 0.5) is 5.88 Å². The first-order chi connectivity index (χ1) is 15.1. The van der Waals surface area contributed by atoms with Crippen LogP contribution in [0.5, 0.6) is 5.75 Å². The van der Waals surface area contributed by atoms with Gasteiger partial charge < -0.3 is 9.15 Å². The Morgan fingerprint density at radius 2 is 1.90 bits per heavy atom. The van der Waals surface area contributed by atoms with Gasteiger partial charge in [-0.2, -0.15) is 0 Å². The van der Waals surface area contributed by atoms with Crippen LogP contribution in [0.3, 0.4) is 0 Å². The van der Waals surface area contributed by atoms with Crippen LogP contribution in [0.25, 0.3) is 23.2 Å². The third kappa shape index (κ3) is 4.47. The molecule has 2 aromatic carbocycles. The third-order valence-corrected chi connectivity index (χ3v) is 5.26. The number of halogens is 1. The first kappa shape index (κ1) is 20.7. The second-order valence-electron chi connectivity index (χ2n) is 6.17. The van der Waals surface area contributed by atoms with Crippen LogP contribution in [-0.2, 0) is 0 Å². The molecule has 0 amide bonds. The quantitative estimate of drug-likeness (QED) is 0.196. The lowest BCUT2D eigenvalue weighted by molar-refractivity contribution is -0.402. The zero-order valence-corrected chi connectivity index (χ0v) is 17.7. The summed E-state index contributed by atoms with van der Waals surface area (Å²) in [4.78, 5) is 10.2. The highest BCUT2D eigenvalue weighted by molar-refractivity contribution is 8.02. The number of hydrogen-bond acceptors (Lipinski definition) is 7. The van der Waals surface area contributed by atoms with Gasteiger partial charge in [0.25, 0.3) is 0 Å². The van der Waals surface area contributed by atoms with Crippen LogP contribution in [0.1, 0.15) is 5.76 Å². The average Bonchev–Trinajstić information content (AvgIpc) is 3.42. The zero-order chi connectivity index (χ0) is 21.8. The summed E-state index contributed by atoms with van der Waals surface area (Å²) in [5.74, 6) is 1.32. The van der Waals surface area contributed by atoms with Crippen LogP contribution in [-0.4, -0.2) is 26.8 Å². The molecule has 156 valence electrons. The van der Waals surface area contributed by atoms with E-state index in [1.807, 2.05) is 41.0 Å². The molecule has 31 heavy (non-hydrogen) atoms. The van der Waals surface area contributed by atoms with E-state index in [1.165, 1.54) is 23.9 Å². The number of nitrogens with zero attached hydrogens (tertiary/aromatic N) is 4. The van der Waals surface area contributed by atoms with Crippen molar-refractivity contribution in [2.45, 2.75) is 5.16 Å². The number of methoxy groups -OCH3 is 1. The van der Waals surface area contributed by atoms with Crippen LogP contribution in [0.15, 0.2) is 75.6 Å². The summed E-state index contributed by atoms with van der Waals surface area (Å²) in [6.45, 7) is 0. The highest BCUT2D eigenvalue weighted by Crippen LogP contribution is 2.34. The SMILES string of the molecule is COc1ccccc1-c1nnc(S/C=C/c2ccc([N+](=O)[O-])o2)n1-c1ccc(Cl)cc1. The molecular weight excluding hydrogens is 440 g/mol. The maximum Gasteiger partial charge on any atom is 0.433 e. The predicted molar refractivity (Wildman–Crippen MR) is 119 cm³/mol. The van der Waals surface area contributed by atoms with Crippen LogP contribution >= 0.6 is 23.4 Å². The highest BCUT2D eigenvalue weighted by atomic mass is 35.5. The number of nitro groups is 1. The van der Waals surface area contributed by atoms with Gasteiger partial charge in [-0.05, 0) is 53.9 Å². The second kappa shape index (κ2) is 9.07. The molecule has 0 radical (unpaired) electrons. The molecule has 0 saturated heterocycles. The number of ether oxygens (including phenoxy) is 1. The lowest BCUT2D eigenvalue weighted by atomic mass is 10.2. The fraction of sp³-hybridized carbons (Fsp3) is 0.0476. The molecule has 8 nitrogen and oxygen atoms in total. The molecule has 4 aromatic rings. The van der Waals surface area contributed by atoms with Crippen molar-refractivity contribution in [1.82, 2.24) is 14.8 Å². The fourth-order valence-electron chi connectivity index (χ4n) is 2.86. The second-order valence-corrected chi connectivity index (χ2v) is 7.48. The van der Waals surface area contributed by atoms with Crippen molar-refractivity contribution < 1.29 is 14.1 Å². The summed E-state index contributed by atoms with van der Waals surface area (Å²) in [7, 11) is 1.60. The van der Waals surface area contributed by atoms with Gasteiger partial charge in [-0.15, -0.1) is 10.2 Å². The molecule has 0 aliphatic rings. The molecule has 4 rings (SSSR count). The molecule has 2 heterocycles. The van der Waals surface area contributed by atoms with E-state index in [1.54, 1.807) is 30.7 Å². The van der Waals surface area contributed by atoms with E-state index < -0.39 is 4.92 Å². The van der Waals surface area contributed by atoms with Gasteiger partial charge in [0.05, 0.1) is 18.7 Å². The Kier molecular flexibility index (Phi) is 6.06. The molecule has 0 aliphatic carbocycles. The molecule has 0 aliphatic heterocycles. The summed E-state index contributed by atoms with van der Waals surface area (Å²) in [6.07, 6.45) is 1.63. The topological polar surface area (TPSA) is 96.2 Å². The molecule has 0 N–H and O–H groups in total. The van der Waals surface area contributed by atoms with Crippen LogP contribution < -0.4 is 4.74 Å². The van der Waals surface area contributed by atoms with Gasteiger partial charge in [0.2, 0.25) is 0 Å². The average molecular weight is 455 g/mol. The Hall–Kier alpha value is -3.56.